The summed E-state index contributed by atoms with van der Waals surface area (Å²) < 4.78 is 5.35. The number of hydrogen-bond donors (Lipinski definition) is 2. The molecule has 3 aromatic rings. The summed E-state index contributed by atoms with van der Waals surface area (Å²) in [7, 11) is 1.62. The van der Waals surface area contributed by atoms with Gasteiger partial charge >= 0.3 is 0 Å². The number of rotatable bonds is 10. The van der Waals surface area contributed by atoms with Crippen molar-refractivity contribution in [2.24, 2.45) is 5.41 Å². The molecule has 1 fully saturated rings. The number of ether oxygens (including phenoxy) is 1. The number of piperidine rings is 1. The fourth-order valence-corrected chi connectivity index (χ4v) is 5.73. The molecule has 0 amide bonds. The van der Waals surface area contributed by atoms with Crippen LogP contribution in [0.3, 0.4) is 0 Å². The summed E-state index contributed by atoms with van der Waals surface area (Å²) >= 11 is 8.18. The monoisotopic (exact) mass is 489 g/mol. The molecule has 3 heterocycles. The SMILES string of the molecule is COc1ccc2ncc(Cl)c([C@@H](O)CCC3(CO)CCN(CCCc4nccs4)CC3)c2c1. The maximum Gasteiger partial charge on any atom is 0.119 e. The normalized spacial score (nSPS) is 17.3. The van der Waals surface area contributed by atoms with Crippen molar-refractivity contribution in [3.05, 3.63) is 51.6 Å². The Morgan fingerprint density at radius 3 is 2.79 bits per heavy atom. The number of aromatic nitrogens is 2. The average molecular weight is 490 g/mol. The fourth-order valence-electron chi connectivity index (χ4n) is 4.79. The molecule has 0 bridgehead atoms. The number of likely N-dealkylation sites (tertiary alicyclic amines) is 1. The van der Waals surface area contributed by atoms with Crippen molar-refractivity contribution in [1.82, 2.24) is 14.9 Å². The standard InChI is InChI=1S/C25H32ClN3O3S/c1-32-18-4-5-21-19(15-18)24(20(26)16-28-21)22(31)6-7-25(17-30)8-12-29(13-9-25)11-2-3-23-27-10-14-33-23/h4-5,10,14-16,22,30-31H,2-3,6-9,11-13,17H2,1H3/t22-/m0/s1. The van der Waals surface area contributed by atoms with Gasteiger partial charge in [-0.25, -0.2) is 4.98 Å². The predicted octanol–water partition coefficient (Wildman–Crippen LogP) is 4.87. The first kappa shape index (κ1) is 24.4. The summed E-state index contributed by atoms with van der Waals surface area (Å²) in [6.45, 7) is 3.16. The zero-order valence-corrected chi connectivity index (χ0v) is 20.6. The van der Waals surface area contributed by atoms with E-state index in [1.165, 1.54) is 5.01 Å². The first-order chi connectivity index (χ1) is 16.0. The van der Waals surface area contributed by atoms with Crippen molar-refractivity contribution in [1.29, 1.82) is 0 Å². The number of thiazole rings is 1. The number of benzene rings is 1. The number of nitrogens with zero attached hydrogens (tertiary/aromatic N) is 3. The third-order valence-corrected chi connectivity index (χ3v) is 8.09. The van der Waals surface area contributed by atoms with Crippen molar-refractivity contribution in [2.75, 3.05) is 33.4 Å². The highest BCUT2D eigenvalue weighted by Gasteiger charge is 2.34. The van der Waals surface area contributed by atoms with Gasteiger partial charge < -0.3 is 19.8 Å². The third-order valence-electron chi connectivity index (χ3n) is 6.95. The van der Waals surface area contributed by atoms with Crippen molar-refractivity contribution in [2.45, 2.75) is 44.6 Å². The summed E-state index contributed by atoms with van der Waals surface area (Å²) in [5, 5.41) is 25.8. The van der Waals surface area contributed by atoms with Gasteiger partial charge in [0, 0.05) is 41.8 Å². The van der Waals surface area contributed by atoms with Gasteiger partial charge in [0.25, 0.3) is 0 Å². The molecule has 2 aromatic heterocycles. The fraction of sp³-hybridized carbons (Fsp3) is 0.520. The highest BCUT2D eigenvalue weighted by molar-refractivity contribution is 7.09. The molecule has 1 aliphatic heterocycles. The summed E-state index contributed by atoms with van der Waals surface area (Å²) in [4.78, 5) is 11.2. The van der Waals surface area contributed by atoms with Crippen LogP contribution in [0, 0.1) is 5.41 Å². The molecule has 0 unspecified atom stereocenters. The van der Waals surface area contributed by atoms with Crippen LogP contribution in [0.25, 0.3) is 10.9 Å². The summed E-state index contributed by atoms with van der Waals surface area (Å²) in [6, 6.07) is 5.60. The van der Waals surface area contributed by atoms with E-state index in [9.17, 15) is 10.2 Å². The van der Waals surface area contributed by atoms with Gasteiger partial charge in [0.2, 0.25) is 0 Å². The Morgan fingerprint density at radius 2 is 2.09 bits per heavy atom. The van der Waals surface area contributed by atoms with E-state index >= 15 is 0 Å². The van der Waals surface area contributed by atoms with Gasteiger partial charge in [0.05, 0.1) is 28.8 Å². The van der Waals surface area contributed by atoms with E-state index in [1.54, 1.807) is 24.6 Å². The number of aryl methyl sites for hydroxylation is 1. The van der Waals surface area contributed by atoms with E-state index in [0.717, 1.165) is 62.6 Å². The van der Waals surface area contributed by atoms with Crippen LogP contribution in [0.15, 0.2) is 36.0 Å². The quantitative estimate of drug-likeness (QED) is 0.423. The minimum Gasteiger partial charge on any atom is -0.497 e. The molecule has 1 aliphatic rings. The third kappa shape index (κ3) is 5.84. The lowest BCUT2D eigenvalue weighted by Crippen LogP contribution is -2.42. The maximum atomic E-state index is 11.1. The molecule has 1 aromatic carbocycles. The van der Waals surface area contributed by atoms with E-state index in [-0.39, 0.29) is 12.0 Å². The smallest absolute Gasteiger partial charge is 0.119 e. The highest BCUT2D eigenvalue weighted by Crippen LogP contribution is 2.40. The molecule has 6 nitrogen and oxygen atoms in total. The number of methoxy groups -OCH3 is 1. The van der Waals surface area contributed by atoms with Gasteiger partial charge in [-0.1, -0.05) is 11.6 Å². The van der Waals surface area contributed by atoms with Crippen molar-refractivity contribution in [3.8, 4) is 5.75 Å². The van der Waals surface area contributed by atoms with Crippen LogP contribution in [0.1, 0.15) is 48.8 Å². The Labute approximate surface area is 204 Å². The molecular formula is C25H32ClN3O3S. The second kappa shape index (κ2) is 11.1. The van der Waals surface area contributed by atoms with Crippen molar-refractivity contribution >= 4 is 33.8 Å². The number of aliphatic hydroxyl groups excluding tert-OH is 2. The number of pyridine rings is 1. The van der Waals surface area contributed by atoms with Gasteiger partial charge in [0.1, 0.15) is 5.75 Å². The Balaban J connectivity index is 1.35. The van der Waals surface area contributed by atoms with Crippen LogP contribution >= 0.6 is 22.9 Å². The number of aliphatic hydroxyl groups is 2. The van der Waals surface area contributed by atoms with Gasteiger partial charge in [-0.2, -0.15) is 0 Å². The Hall–Kier alpha value is -1.77. The maximum absolute atomic E-state index is 11.1. The lowest BCUT2D eigenvalue weighted by Gasteiger charge is -2.41. The molecule has 33 heavy (non-hydrogen) atoms. The molecule has 2 N–H and O–H groups in total. The summed E-state index contributed by atoms with van der Waals surface area (Å²) in [5.74, 6) is 0.703. The second-order valence-corrected chi connectivity index (χ2v) is 10.4. The number of fused-ring (bicyclic) bond motifs is 1. The van der Waals surface area contributed by atoms with Crippen LogP contribution in [0.4, 0.5) is 0 Å². The topological polar surface area (TPSA) is 78.7 Å². The molecular weight excluding hydrogens is 458 g/mol. The van der Waals surface area contributed by atoms with Gasteiger partial charge in [-0.3, -0.25) is 4.98 Å². The lowest BCUT2D eigenvalue weighted by molar-refractivity contribution is 0.0234. The van der Waals surface area contributed by atoms with Crippen LogP contribution < -0.4 is 4.74 Å². The van der Waals surface area contributed by atoms with Crippen LogP contribution in [-0.4, -0.2) is 58.4 Å². The molecule has 0 radical (unpaired) electrons. The van der Waals surface area contributed by atoms with Gasteiger partial charge in [-0.15, -0.1) is 11.3 Å². The predicted molar refractivity (Wildman–Crippen MR) is 133 cm³/mol. The first-order valence-corrected chi connectivity index (χ1v) is 12.8. The molecule has 8 heteroatoms. The van der Waals surface area contributed by atoms with E-state index in [2.05, 4.69) is 14.9 Å². The molecule has 4 rings (SSSR count). The zero-order chi connectivity index (χ0) is 23.3. The highest BCUT2D eigenvalue weighted by atomic mass is 35.5. The Morgan fingerprint density at radius 1 is 1.27 bits per heavy atom. The number of halogens is 1. The Kier molecular flexibility index (Phi) is 8.20. The minimum atomic E-state index is -0.727. The summed E-state index contributed by atoms with van der Waals surface area (Å²) in [5.41, 5.74) is 1.31. The van der Waals surface area contributed by atoms with Gasteiger partial charge in [-0.05, 0) is 75.4 Å². The van der Waals surface area contributed by atoms with Crippen molar-refractivity contribution in [3.63, 3.8) is 0 Å². The van der Waals surface area contributed by atoms with Crippen LogP contribution in [-0.2, 0) is 6.42 Å². The van der Waals surface area contributed by atoms with E-state index in [0.29, 0.717) is 22.8 Å². The van der Waals surface area contributed by atoms with E-state index in [4.69, 9.17) is 16.3 Å². The second-order valence-electron chi connectivity index (χ2n) is 8.99. The largest absolute Gasteiger partial charge is 0.497 e. The summed E-state index contributed by atoms with van der Waals surface area (Å²) in [6.07, 6.45) is 8.03. The molecule has 1 saturated heterocycles. The zero-order valence-electron chi connectivity index (χ0n) is 19.0. The minimum absolute atomic E-state index is 0.144. The average Bonchev–Trinajstić information content (AvgIpc) is 3.36. The first-order valence-electron chi connectivity index (χ1n) is 11.6. The van der Waals surface area contributed by atoms with Gasteiger partial charge in [0.15, 0.2) is 0 Å². The number of hydrogen-bond acceptors (Lipinski definition) is 7. The molecule has 0 spiro atoms. The molecule has 1 atom stereocenters. The Bertz CT molecular complexity index is 1040. The van der Waals surface area contributed by atoms with Crippen molar-refractivity contribution < 1.29 is 14.9 Å². The molecule has 0 aliphatic carbocycles. The molecule has 178 valence electrons. The molecule has 0 saturated carbocycles. The lowest BCUT2D eigenvalue weighted by atomic mass is 9.74. The van der Waals surface area contributed by atoms with Crippen LogP contribution in [0.5, 0.6) is 5.75 Å². The van der Waals surface area contributed by atoms with Crippen LogP contribution in [0.2, 0.25) is 5.02 Å². The van der Waals surface area contributed by atoms with E-state index in [1.807, 2.05) is 29.8 Å². The van der Waals surface area contributed by atoms with E-state index < -0.39 is 6.10 Å².